The van der Waals surface area contributed by atoms with Crippen LogP contribution in [-0.2, 0) is 5.60 Å². The van der Waals surface area contributed by atoms with Crippen LogP contribution in [0.1, 0.15) is 5.56 Å². The van der Waals surface area contributed by atoms with Crippen LogP contribution in [0.15, 0.2) is 29.3 Å². The van der Waals surface area contributed by atoms with Gasteiger partial charge in [0.05, 0.1) is 6.54 Å². The van der Waals surface area contributed by atoms with Gasteiger partial charge >= 0.3 is 10.8 Å². The molecule has 0 saturated carbocycles. The van der Waals surface area contributed by atoms with Crippen LogP contribution in [0.25, 0.3) is 0 Å². The van der Waals surface area contributed by atoms with Crippen LogP contribution in [0, 0.1) is 0 Å². The van der Waals surface area contributed by atoms with Gasteiger partial charge in [0, 0.05) is 18.5 Å². The third-order valence-electron chi connectivity index (χ3n) is 3.35. The maximum Gasteiger partial charge on any atom is 0.361 e. The zero-order chi connectivity index (χ0) is 17.5. The van der Waals surface area contributed by atoms with Gasteiger partial charge in [0.1, 0.15) is 0 Å². The molecule has 1 aliphatic heterocycles. The topological polar surface area (TPSA) is 35.8 Å². The van der Waals surface area contributed by atoms with Gasteiger partial charge in [-0.3, -0.25) is 4.99 Å². The molecule has 0 bridgehead atoms. The Hall–Kier alpha value is -0.700. The van der Waals surface area contributed by atoms with Crippen LogP contribution in [0.2, 0.25) is 0 Å². The fraction of sp³-hybridized carbons (Fsp3) is 0.462. The summed E-state index contributed by atoms with van der Waals surface area (Å²) in [5.74, 6) is 0.828. The summed E-state index contributed by atoms with van der Waals surface area (Å²) in [5, 5.41) is 1.17. The molecule has 0 atom stereocenters. The number of alkyl halides is 6. The molecule has 0 saturated heterocycles. The monoisotopic (exact) mass is 390 g/mol. The van der Waals surface area contributed by atoms with Crippen LogP contribution in [0.5, 0.6) is 0 Å². The van der Waals surface area contributed by atoms with Gasteiger partial charge in [0.2, 0.25) is 5.60 Å². The summed E-state index contributed by atoms with van der Waals surface area (Å²) < 4.78 is 53.5. The highest BCUT2D eigenvalue weighted by Crippen LogP contribution is 2.52. The second-order valence-corrected chi connectivity index (χ2v) is 6.84. The molecule has 1 aromatic carbocycles. The first-order chi connectivity index (χ1) is 10.5. The molecular weight excluding hydrogens is 379 g/mol. The molecule has 0 aromatic heterocycles. The Labute approximate surface area is 144 Å². The van der Waals surface area contributed by atoms with E-state index in [4.69, 9.17) is 0 Å². The molecule has 1 aliphatic rings. The quantitative estimate of drug-likeness (QED) is 0.621. The molecule has 0 amide bonds. The lowest BCUT2D eigenvalue weighted by Crippen LogP contribution is -2.52. The summed E-state index contributed by atoms with van der Waals surface area (Å²) in [5.41, 5.74) is -4.31. The van der Waals surface area contributed by atoms with Crippen molar-refractivity contribution in [1.82, 2.24) is 0 Å². The van der Waals surface area contributed by atoms with Crippen molar-refractivity contribution < 1.29 is 22.7 Å². The molecule has 0 fully saturated rings. The van der Waals surface area contributed by atoms with Gasteiger partial charge in [0.15, 0.2) is 5.17 Å². The summed E-state index contributed by atoms with van der Waals surface area (Å²) in [4.78, 5) is 5.91. The number of halogens is 6. The van der Waals surface area contributed by atoms with Crippen LogP contribution >= 0.6 is 35.0 Å². The van der Waals surface area contributed by atoms with E-state index in [1.54, 1.807) is 11.9 Å². The smallest absolute Gasteiger partial charge is 0.361 e. The molecular formula is C13H12Cl2F4N2OS. The molecule has 0 unspecified atom stereocenters. The predicted octanol–water partition coefficient (Wildman–Crippen LogP) is 4.08. The molecule has 10 heteroatoms. The lowest BCUT2D eigenvalue weighted by Gasteiger charge is -2.35. The lowest BCUT2D eigenvalue weighted by molar-refractivity contribution is -0.224. The fourth-order valence-corrected chi connectivity index (χ4v) is 3.40. The third-order valence-corrected chi connectivity index (χ3v) is 4.94. The second-order valence-electron chi connectivity index (χ2n) is 4.82. The molecule has 128 valence electrons. The van der Waals surface area contributed by atoms with Gasteiger partial charge in [0.25, 0.3) is 0 Å². The van der Waals surface area contributed by atoms with Crippen molar-refractivity contribution in [2.75, 3.05) is 24.2 Å². The Morgan fingerprint density at radius 1 is 1.13 bits per heavy atom. The first kappa shape index (κ1) is 18.6. The van der Waals surface area contributed by atoms with E-state index in [-0.39, 0.29) is 0 Å². The molecule has 0 spiro atoms. The minimum Gasteiger partial charge on any atom is -0.372 e. The van der Waals surface area contributed by atoms with Crippen molar-refractivity contribution in [3.63, 3.8) is 0 Å². The molecule has 1 heterocycles. The van der Waals surface area contributed by atoms with E-state index >= 15 is 0 Å². The number of thioether (sulfide) groups is 1. The highest BCUT2D eigenvalue weighted by Gasteiger charge is 2.67. The van der Waals surface area contributed by atoms with Gasteiger partial charge in [-0.1, -0.05) is 23.9 Å². The van der Waals surface area contributed by atoms with Crippen LogP contribution in [-0.4, -0.2) is 40.4 Å². The average molecular weight is 391 g/mol. The van der Waals surface area contributed by atoms with E-state index in [1.165, 1.54) is 23.9 Å². The zero-order valence-corrected chi connectivity index (χ0v) is 14.1. The number of rotatable bonds is 4. The van der Waals surface area contributed by atoms with Gasteiger partial charge in [-0.15, -0.1) is 0 Å². The average Bonchev–Trinajstić information content (AvgIpc) is 2.97. The van der Waals surface area contributed by atoms with Gasteiger partial charge in [-0.25, -0.2) is 0 Å². The first-order valence-electron chi connectivity index (χ1n) is 6.36. The Balaban J connectivity index is 2.37. The highest BCUT2D eigenvalue weighted by atomic mass is 35.5. The Morgan fingerprint density at radius 2 is 1.65 bits per heavy atom. The molecule has 1 N–H and O–H groups in total. The Bertz CT molecular complexity index is 587. The molecule has 23 heavy (non-hydrogen) atoms. The standard InChI is InChI=1S/C13H12Cl2F4N2OS/c1-21(10-20-6-7-23-10)9-4-2-8(3-5-9)11(22,12(14,16)17)13(15,18)19/h2-5,22H,6-7H2,1H3. The summed E-state index contributed by atoms with van der Waals surface area (Å²) in [7, 11) is 1.70. The number of amidine groups is 1. The minimum absolute atomic E-state index is 0.528. The van der Waals surface area contributed by atoms with Gasteiger partial charge in [-0.2, -0.15) is 17.6 Å². The Morgan fingerprint density at radius 3 is 2.04 bits per heavy atom. The van der Waals surface area contributed by atoms with E-state index in [0.29, 0.717) is 12.2 Å². The highest BCUT2D eigenvalue weighted by molar-refractivity contribution is 8.14. The maximum atomic E-state index is 13.4. The van der Waals surface area contributed by atoms with Crippen molar-refractivity contribution in [1.29, 1.82) is 0 Å². The number of nitrogens with zero attached hydrogens (tertiary/aromatic N) is 2. The van der Waals surface area contributed by atoms with E-state index in [0.717, 1.165) is 23.1 Å². The summed E-state index contributed by atoms with van der Waals surface area (Å²) >= 11 is 10.9. The number of aliphatic hydroxyl groups is 1. The van der Waals surface area contributed by atoms with Crippen molar-refractivity contribution >= 4 is 45.8 Å². The summed E-state index contributed by atoms with van der Waals surface area (Å²) in [6.45, 7) is 0.666. The number of hydrogen-bond donors (Lipinski definition) is 1. The largest absolute Gasteiger partial charge is 0.372 e. The fourth-order valence-electron chi connectivity index (χ4n) is 2.05. The van der Waals surface area contributed by atoms with E-state index < -0.39 is 21.9 Å². The van der Waals surface area contributed by atoms with Gasteiger partial charge < -0.3 is 10.0 Å². The number of anilines is 1. The van der Waals surface area contributed by atoms with Crippen molar-refractivity contribution in [2.45, 2.75) is 16.4 Å². The lowest BCUT2D eigenvalue weighted by atomic mass is 9.93. The van der Waals surface area contributed by atoms with Crippen LogP contribution in [0.4, 0.5) is 23.2 Å². The SMILES string of the molecule is CN(C1=NCCS1)c1ccc(C(O)(C(F)(F)Cl)C(F)(F)Cl)cc1. The van der Waals surface area contributed by atoms with Crippen molar-refractivity contribution in [3.8, 4) is 0 Å². The maximum absolute atomic E-state index is 13.4. The number of benzene rings is 1. The summed E-state index contributed by atoms with van der Waals surface area (Å²) in [6.07, 6.45) is 0. The second kappa shape index (κ2) is 6.31. The third kappa shape index (κ3) is 3.40. The molecule has 3 nitrogen and oxygen atoms in total. The normalized spacial score (nSPS) is 16.4. The molecule has 0 aliphatic carbocycles. The zero-order valence-electron chi connectivity index (χ0n) is 11.7. The minimum atomic E-state index is -4.67. The van der Waals surface area contributed by atoms with E-state index in [2.05, 4.69) is 28.2 Å². The van der Waals surface area contributed by atoms with Gasteiger partial charge in [-0.05, 0) is 40.9 Å². The molecule has 1 aromatic rings. The van der Waals surface area contributed by atoms with E-state index in [1.807, 2.05) is 0 Å². The van der Waals surface area contributed by atoms with E-state index in [9.17, 15) is 22.7 Å². The van der Waals surface area contributed by atoms with Crippen LogP contribution in [0.3, 0.4) is 0 Å². The molecule has 2 rings (SSSR count). The van der Waals surface area contributed by atoms with Crippen molar-refractivity contribution in [2.24, 2.45) is 4.99 Å². The molecule has 0 radical (unpaired) electrons. The predicted molar refractivity (Wildman–Crippen MR) is 85.1 cm³/mol. The number of aliphatic imine (C=N–C) groups is 1. The summed E-state index contributed by atoms with van der Waals surface area (Å²) in [6, 6.07) is 4.46. The Kier molecular flexibility index (Phi) is 5.11. The van der Waals surface area contributed by atoms with Crippen molar-refractivity contribution in [3.05, 3.63) is 29.8 Å². The first-order valence-corrected chi connectivity index (χ1v) is 8.10. The number of hydrogen-bond acceptors (Lipinski definition) is 4. The van der Waals surface area contributed by atoms with Crippen LogP contribution < -0.4 is 4.90 Å².